The van der Waals surface area contributed by atoms with Gasteiger partial charge in [-0.25, -0.2) is 0 Å². The standard InChI is InChI=1S/C7H12O2/c1-3-4-6-5(2)9-7(6)8/h5-6H,3-4H2,1-2H3/t5-,6-/m0/s1. The van der Waals surface area contributed by atoms with Crippen molar-refractivity contribution in [1.82, 2.24) is 0 Å². The first kappa shape index (κ1) is 6.59. The van der Waals surface area contributed by atoms with Gasteiger partial charge in [-0.2, -0.15) is 0 Å². The molecule has 0 aromatic rings. The van der Waals surface area contributed by atoms with Gasteiger partial charge in [0.1, 0.15) is 6.10 Å². The zero-order chi connectivity index (χ0) is 6.85. The lowest BCUT2D eigenvalue weighted by Crippen LogP contribution is -2.42. The van der Waals surface area contributed by atoms with Crippen LogP contribution in [0.2, 0.25) is 0 Å². The summed E-state index contributed by atoms with van der Waals surface area (Å²) in [6, 6.07) is 0. The molecule has 1 rings (SSSR count). The van der Waals surface area contributed by atoms with Crippen LogP contribution in [0.15, 0.2) is 0 Å². The van der Waals surface area contributed by atoms with E-state index in [0.717, 1.165) is 12.8 Å². The molecule has 0 amide bonds. The smallest absolute Gasteiger partial charge is 0.312 e. The highest BCUT2D eigenvalue weighted by Gasteiger charge is 2.37. The molecule has 2 heteroatoms. The zero-order valence-electron chi connectivity index (χ0n) is 5.89. The van der Waals surface area contributed by atoms with Crippen LogP contribution in [0, 0.1) is 5.92 Å². The van der Waals surface area contributed by atoms with Crippen LogP contribution in [0.25, 0.3) is 0 Å². The van der Waals surface area contributed by atoms with Crippen molar-refractivity contribution in [2.24, 2.45) is 5.92 Å². The van der Waals surface area contributed by atoms with E-state index < -0.39 is 0 Å². The van der Waals surface area contributed by atoms with Crippen molar-refractivity contribution >= 4 is 5.97 Å². The maximum absolute atomic E-state index is 10.6. The normalized spacial score (nSPS) is 33.3. The fourth-order valence-corrected chi connectivity index (χ4v) is 1.14. The van der Waals surface area contributed by atoms with Gasteiger partial charge in [-0.1, -0.05) is 13.3 Å². The summed E-state index contributed by atoms with van der Waals surface area (Å²) in [4.78, 5) is 10.6. The van der Waals surface area contributed by atoms with Gasteiger partial charge in [0.15, 0.2) is 0 Å². The average molecular weight is 128 g/mol. The molecule has 2 atom stereocenters. The van der Waals surface area contributed by atoms with E-state index in [1.54, 1.807) is 0 Å². The highest BCUT2D eigenvalue weighted by molar-refractivity contribution is 5.78. The second-order valence-electron chi connectivity index (χ2n) is 2.54. The molecule has 1 aliphatic rings. The number of hydrogen-bond acceptors (Lipinski definition) is 2. The van der Waals surface area contributed by atoms with Gasteiger partial charge in [-0.15, -0.1) is 0 Å². The van der Waals surface area contributed by atoms with E-state index in [0.29, 0.717) is 0 Å². The number of carbonyl (C=O) groups excluding carboxylic acids is 1. The summed E-state index contributed by atoms with van der Waals surface area (Å²) in [5, 5.41) is 0. The van der Waals surface area contributed by atoms with E-state index in [-0.39, 0.29) is 18.0 Å². The number of hydrogen-bond donors (Lipinski definition) is 0. The van der Waals surface area contributed by atoms with Crippen molar-refractivity contribution in [2.75, 3.05) is 0 Å². The highest BCUT2D eigenvalue weighted by atomic mass is 16.6. The molecule has 1 fully saturated rings. The van der Waals surface area contributed by atoms with Crippen LogP contribution in [0.5, 0.6) is 0 Å². The molecular formula is C7H12O2. The molecular weight excluding hydrogens is 116 g/mol. The van der Waals surface area contributed by atoms with Gasteiger partial charge in [0, 0.05) is 0 Å². The van der Waals surface area contributed by atoms with Gasteiger partial charge < -0.3 is 4.74 Å². The molecule has 9 heavy (non-hydrogen) atoms. The Hall–Kier alpha value is -0.530. The minimum atomic E-state index is -0.00986. The lowest BCUT2D eigenvalue weighted by atomic mass is 9.94. The molecule has 0 bridgehead atoms. The van der Waals surface area contributed by atoms with Gasteiger partial charge in [-0.3, -0.25) is 4.79 Å². The van der Waals surface area contributed by atoms with Crippen LogP contribution >= 0.6 is 0 Å². The molecule has 2 nitrogen and oxygen atoms in total. The number of cyclic esters (lactones) is 1. The van der Waals surface area contributed by atoms with E-state index in [4.69, 9.17) is 4.74 Å². The molecule has 0 saturated carbocycles. The van der Waals surface area contributed by atoms with Gasteiger partial charge in [0.05, 0.1) is 5.92 Å². The fraction of sp³-hybridized carbons (Fsp3) is 0.857. The maximum Gasteiger partial charge on any atom is 0.312 e. The maximum atomic E-state index is 10.6. The Bertz CT molecular complexity index is 120. The summed E-state index contributed by atoms with van der Waals surface area (Å²) in [5.74, 6) is 0.194. The minimum absolute atomic E-state index is 0.00986. The van der Waals surface area contributed by atoms with Crippen molar-refractivity contribution < 1.29 is 9.53 Å². The Labute approximate surface area is 55.2 Å². The second-order valence-corrected chi connectivity index (χ2v) is 2.54. The monoisotopic (exact) mass is 128 g/mol. The van der Waals surface area contributed by atoms with E-state index in [9.17, 15) is 4.79 Å². The van der Waals surface area contributed by atoms with Crippen LogP contribution in [0.4, 0.5) is 0 Å². The van der Waals surface area contributed by atoms with Gasteiger partial charge in [-0.05, 0) is 13.3 Å². The first-order chi connectivity index (χ1) is 4.25. The summed E-state index contributed by atoms with van der Waals surface area (Å²) in [6.07, 6.45) is 2.24. The molecule has 0 aromatic heterocycles. The summed E-state index contributed by atoms with van der Waals surface area (Å²) < 4.78 is 4.77. The quantitative estimate of drug-likeness (QED) is 0.525. The van der Waals surface area contributed by atoms with Crippen LogP contribution < -0.4 is 0 Å². The predicted octanol–water partition coefficient (Wildman–Crippen LogP) is 1.35. The topological polar surface area (TPSA) is 26.3 Å². The van der Waals surface area contributed by atoms with Crippen LogP contribution in [-0.4, -0.2) is 12.1 Å². The SMILES string of the molecule is CCC[C@@H]1C(=O)O[C@H]1C. The number of rotatable bonds is 2. The van der Waals surface area contributed by atoms with Crippen molar-refractivity contribution in [1.29, 1.82) is 0 Å². The number of ether oxygens (including phenoxy) is 1. The first-order valence-corrected chi connectivity index (χ1v) is 3.46. The molecule has 0 radical (unpaired) electrons. The summed E-state index contributed by atoms with van der Waals surface area (Å²) in [7, 11) is 0. The van der Waals surface area contributed by atoms with Crippen molar-refractivity contribution in [3.63, 3.8) is 0 Å². The van der Waals surface area contributed by atoms with E-state index in [1.807, 2.05) is 6.92 Å². The van der Waals surface area contributed by atoms with E-state index in [2.05, 4.69) is 6.92 Å². The van der Waals surface area contributed by atoms with Crippen LogP contribution in [-0.2, 0) is 9.53 Å². The Morgan fingerprint density at radius 2 is 2.33 bits per heavy atom. The Morgan fingerprint density at radius 3 is 2.56 bits per heavy atom. The molecule has 1 saturated heterocycles. The largest absolute Gasteiger partial charge is 0.461 e. The van der Waals surface area contributed by atoms with Crippen molar-refractivity contribution in [3.8, 4) is 0 Å². The fourth-order valence-electron chi connectivity index (χ4n) is 1.14. The van der Waals surface area contributed by atoms with Crippen LogP contribution in [0.1, 0.15) is 26.7 Å². The third-order valence-electron chi connectivity index (χ3n) is 1.77. The molecule has 0 aliphatic carbocycles. The van der Waals surface area contributed by atoms with E-state index >= 15 is 0 Å². The van der Waals surface area contributed by atoms with Gasteiger partial charge >= 0.3 is 5.97 Å². The third kappa shape index (κ3) is 1.07. The van der Waals surface area contributed by atoms with Crippen molar-refractivity contribution in [3.05, 3.63) is 0 Å². The summed E-state index contributed by atoms with van der Waals surface area (Å²) >= 11 is 0. The lowest BCUT2D eigenvalue weighted by Gasteiger charge is -2.31. The molecule has 0 spiro atoms. The van der Waals surface area contributed by atoms with Crippen molar-refractivity contribution in [2.45, 2.75) is 32.8 Å². The summed E-state index contributed by atoms with van der Waals surface area (Å²) in [5.41, 5.74) is 0. The molecule has 0 N–H and O–H groups in total. The van der Waals surface area contributed by atoms with Crippen LogP contribution in [0.3, 0.4) is 0 Å². The molecule has 1 heterocycles. The van der Waals surface area contributed by atoms with E-state index in [1.165, 1.54) is 0 Å². The third-order valence-corrected chi connectivity index (χ3v) is 1.77. The predicted molar refractivity (Wildman–Crippen MR) is 34.0 cm³/mol. The molecule has 1 aliphatic heterocycles. The molecule has 0 aromatic carbocycles. The highest BCUT2D eigenvalue weighted by Crippen LogP contribution is 2.25. The second kappa shape index (κ2) is 2.38. The summed E-state index contributed by atoms with van der Waals surface area (Å²) in [6.45, 7) is 4.03. The number of carbonyl (C=O) groups is 1. The van der Waals surface area contributed by atoms with Gasteiger partial charge in [0.2, 0.25) is 0 Å². The Morgan fingerprint density at radius 1 is 1.67 bits per heavy atom. The zero-order valence-corrected chi connectivity index (χ0v) is 5.89. The minimum Gasteiger partial charge on any atom is -0.461 e. The first-order valence-electron chi connectivity index (χ1n) is 3.46. The number of esters is 1. The van der Waals surface area contributed by atoms with Gasteiger partial charge in [0.25, 0.3) is 0 Å². The Balaban J connectivity index is 2.30. The Kier molecular flexibility index (Phi) is 1.74. The lowest BCUT2D eigenvalue weighted by molar-refractivity contribution is -0.182. The molecule has 0 unspecified atom stereocenters. The average Bonchev–Trinajstić information content (AvgIpc) is 1.84. The molecule has 52 valence electrons.